The molecule has 2 heterocycles. The summed E-state index contributed by atoms with van der Waals surface area (Å²) in [5, 5.41) is 5.33. The second kappa shape index (κ2) is 4.69. The molecular formula is C10H11BrN2O3. The summed E-state index contributed by atoms with van der Waals surface area (Å²) in [6, 6.07) is 2.74. The Kier molecular flexibility index (Phi) is 3.28. The van der Waals surface area contributed by atoms with Crippen LogP contribution in [0.5, 0.6) is 0 Å². The van der Waals surface area contributed by atoms with E-state index in [1.165, 1.54) is 0 Å². The predicted molar refractivity (Wildman–Crippen MR) is 59.9 cm³/mol. The third-order valence-corrected chi connectivity index (χ3v) is 2.81. The molecule has 1 unspecified atom stereocenters. The maximum absolute atomic E-state index is 11.7. The van der Waals surface area contributed by atoms with Gasteiger partial charge in [-0.3, -0.25) is 9.59 Å². The third kappa shape index (κ3) is 2.44. The van der Waals surface area contributed by atoms with E-state index in [4.69, 9.17) is 4.42 Å². The van der Waals surface area contributed by atoms with Crippen LogP contribution in [0.15, 0.2) is 21.2 Å². The van der Waals surface area contributed by atoms with Gasteiger partial charge in [0.05, 0.1) is 0 Å². The maximum atomic E-state index is 11.7. The quantitative estimate of drug-likeness (QED) is 0.854. The molecule has 86 valence electrons. The van der Waals surface area contributed by atoms with Crippen molar-refractivity contribution < 1.29 is 14.0 Å². The molecule has 0 spiro atoms. The highest BCUT2D eigenvalue weighted by Gasteiger charge is 2.24. The van der Waals surface area contributed by atoms with Crippen LogP contribution in [-0.2, 0) is 4.79 Å². The number of halogens is 1. The van der Waals surface area contributed by atoms with E-state index in [0.29, 0.717) is 17.6 Å². The molecule has 2 rings (SSSR count). The molecule has 2 amide bonds. The first-order valence-electron chi connectivity index (χ1n) is 5.01. The SMILES string of the molecule is O=C(NC1CCCNC1=O)c1ccc(Br)o1. The van der Waals surface area contributed by atoms with Gasteiger partial charge in [0.2, 0.25) is 5.91 Å². The first-order chi connectivity index (χ1) is 7.66. The van der Waals surface area contributed by atoms with Crippen molar-refractivity contribution in [2.75, 3.05) is 6.54 Å². The molecule has 0 radical (unpaired) electrons. The lowest BCUT2D eigenvalue weighted by Crippen LogP contribution is -2.50. The molecule has 0 saturated carbocycles. The summed E-state index contributed by atoms with van der Waals surface area (Å²) in [5.74, 6) is -0.303. The van der Waals surface area contributed by atoms with Gasteiger partial charge in [-0.2, -0.15) is 0 Å². The highest BCUT2D eigenvalue weighted by molar-refractivity contribution is 9.10. The van der Waals surface area contributed by atoms with Crippen LogP contribution < -0.4 is 10.6 Å². The summed E-state index contributed by atoms with van der Waals surface area (Å²) < 4.78 is 5.59. The summed E-state index contributed by atoms with van der Waals surface area (Å²) in [7, 11) is 0. The number of hydrogen-bond acceptors (Lipinski definition) is 3. The Bertz CT molecular complexity index is 416. The molecule has 6 heteroatoms. The fraction of sp³-hybridized carbons (Fsp3) is 0.400. The van der Waals surface area contributed by atoms with Gasteiger partial charge >= 0.3 is 0 Å². The molecule has 1 aliphatic heterocycles. The predicted octanol–water partition coefficient (Wildman–Crippen LogP) is 1.05. The first kappa shape index (κ1) is 11.2. The van der Waals surface area contributed by atoms with Crippen molar-refractivity contribution in [3.8, 4) is 0 Å². The summed E-state index contributed by atoms with van der Waals surface area (Å²) >= 11 is 3.11. The number of carbonyl (C=O) groups is 2. The molecule has 0 aromatic carbocycles. The molecule has 1 aliphatic rings. The molecule has 2 N–H and O–H groups in total. The lowest BCUT2D eigenvalue weighted by molar-refractivity contribution is -0.124. The monoisotopic (exact) mass is 286 g/mol. The van der Waals surface area contributed by atoms with Crippen LogP contribution in [-0.4, -0.2) is 24.4 Å². The van der Waals surface area contributed by atoms with E-state index in [9.17, 15) is 9.59 Å². The van der Waals surface area contributed by atoms with E-state index in [1.54, 1.807) is 12.1 Å². The van der Waals surface area contributed by atoms with Crippen molar-refractivity contribution in [1.82, 2.24) is 10.6 Å². The minimum Gasteiger partial charge on any atom is -0.444 e. The van der Waals surface area contributed by atoms with Crippen molar-refractivity contribution in [1.29, 1.82) is 0 Å². The van der Waals surface area contributed by atoms with Crippen LogP contribution in [0.1, 0.15) is 23.4 Å². The number of amides is 2. The largest absolute Gasteiger partial charge is 0.444 e. The van der Waals surface area contributed by atoms with Crippen LogP contribution >= 0.6 is 15.9 Å². The molecular weight excluding hydrogens is 276 g/mol. The zero-order valence-corrected chi connectivity index (χ0v) is 10.0. The molecule has 1 atom stereocenters. The summed E-state index contributed by atoms with van der Waals surface area (Å²) in [6.07, 6.45) is 1.54. The third-order valence-electron chi connectivity index (χ3n) is 2.39. The second-order valence-electron chi connectivity index (χ2n) is 3.56. The van der Waals surface area contributed by atoms with Crippen molar-refractivity contribution in [3.63, 3.8) is 0 Å². The van der Waals surface area contributed by atoms with Gasteiger partial charge in [0, 0.05) is 6.54 Å². The average Bonchev–Trinajstić information content (AvgIpc) is 2.68. The topological polar surface area (TPSA) is 71.3 Å². The van der Waals surface area contributed by atoms with E-state index in [1.807, 2.05) is 0 Å². The van der Waals surface area contributed by atoms with Crippen molar-refractivity contribution in [2.24, 2.45) is 0 Å². The lowest BCUT2D eigenvalue weighted by Gasteiger charge is -2.22. The lowest BCUT2D eigenvalue weighted by atomic mass is 10.1. The fourth-order valence-electron chi connectivity index (χ4n) is 1.58. The normalized spacial score (nSPS) is 20.3. The minimum atomic E-state index is -0.454. The summed E-state index contributed by atoms with van der Waals surface area (Å²) in [5.41, 5.74) is 0. The highest BCUT2D eigenvalue weighted by Crippen LogP contribution is 2.14. The standard InChI is InChI=1S/C10H11BrN2O3/c11-8-4-3-7(16-8)10(15)13-6-2-1-5-12-9(6)14/h3-4,6H,1-2,5H2,(H,12,14)(H,13,15). The Morgan fingerprint density at radius 1 is 1.56 bits per heavy atom. The Morgan fingerprint density at radius 3 is 3.00 bits per heavy atom. The van der Waals surface area contributed by atoms with Crippen LogP contribution in [0.3, 0.4) is 0 Å². The van der Waals surface area contributed by atoms with E-state index in [0.717, 1.165) is 6.42 Å². The molecule has 5 nitrogen and oxygen atoms in total. The van der Waals surface area contributed by atoms with Crippen molar-refractivity contribution >= 4 is 27.7 Å². The number of furan rings is 1. The fourth-order valence-corrected chi connectivity index (χ4v) is 1.88. The molecule has 1 saturated heterocycles. The Labute approximate surface area is 101 Å². The summed E-state index contributed by atoms with van der Waals surface area (Å²) in [6.45, 7) is 0.678. The van der Waals surface area contributed by atoms with E-state index in [2.05, 4.69) is 26.6 Å². The average molecular weight is 287 g/mol. The molecule has 16 heavy (non-hydrogen) atoms. The Hall–Kier alpha value is -1.30. The smallest absolute Gasteiger partial charge is 0.287 e. The van der Waals surface area contributed by atoms with Gasteiger partial charge in [0.1, 0.15) is 6.04 Å². The number of rotatable bonds is 2. The van der Waals surface area contributed by atoms with Gasteiger partial charge < -0.3 is 15.1 Å². The van der Waals surface area contributed by atoms with Gasteiger partial charge in [-0.25, -0.2) is 0 Å². The first-order valence-corrected chi connectivity index (χ1v) is 5.80. The zero-order chi connectivity index (χ0) is 11.5. The number of carbonyl (C=O) groups excluding carboxylic acids is 2. The number of hydrogen-bond donors (Lipinski definition) is 2. The molecule has 1 aromatic heterocycles. The summed E-state index contributed by atoms with van der Waals surface area (Å²) in [4.78, 5) is 23.1. The van der Waals surface area contributed by atoms with Crippen LogP contribution in [0, 0.1) is 0 Å². The van der Waals surface area contributed by atoms with Gasteiger partial charge in [0.25, 0.3) is 5.91 Å². The van der Waals surface area contributed by atoms with Crippen molar-refractivity contribution in [3.05, 3.63) is 22.6 Å². The zero-order valence-electron chi connectivity index (χ0n) is 8.46. The van der Waals surface area contributed by atoms with E-state index >= 15 is 0 Å². The molecule has 1 fully saturated rings. The van der Waals surface area contributed by atoms with Crippen LogP contribution in [0.4, 0.5) is 0 Å². The number of nitrogens with one attached hydrogen (secondary N) is 2. The van der Waals surface area contributed by atoms with Gasteiger partial charge in [-0.05, 0) is 40.9 Å². The highest BCUT2D eigenvalue weighted by atomic mass is 79.9. The maximum Gasteiger partial charge on any atom is 0.287 e. The number of piperidine rings is 1. The molecule has 0 bridgehead atoms. The van der Waals surface area contributed by atoms with Crippen molar-refractivity contribution in [2.45, 2.75) is 18.9 Å². The van der Waals surface area contributed by atoms with Gasteiger partial charge in [-0.15, -0.1) is 0 Å². The van der Waals surface area contributed by atoms with Gasteiger partial charge in [-0.1, -0.05) is 0 Å². The van der Waals surface area contributed by atoms with E-state index in [-0.39, 0.29) is 17.6 Å². The van der Waals surface area contributed by atoms with Crippen LogP contribution in [0.25, 0.3) is 0 Å². The van der Waals surface area contributed by atoms with E-state index < -0.39 is 6.04 Å². The van der Waals surface area contributed by atoms with Gasteiger partial charge in [0.15, 0.2) is 10.4 Å². The molecule has 1 aromatic rings. The Morgan fingerprint density at radius 2 is 2.38 bits per heavy atom. The van der Waals surface area contributed by atoms with Crippen LogP contribution in [0.2, 0.25) is 0 Å². The second-order valence-corrected chi connectivity index (χ2v) is 4.34. The Balaban J connectivity index is 1.99. The molecule has 0 aliphatic carbocycles. The minimum absolute atomic E-state index is 0.134.